The molecule has 3 aromatic rings. The summed E-state index contributed by atoms with van der Waals surface area (Å²) in [5, 5.41) is 3.75. The first-order valence-electron chi connectivity index (χ1n) is 14.2. The molecule has 0 saturated heterocycles. The first kappa shape index (κ1) is 28.6. The number of amides is 4. The average Bonchev–Trinajstić information content (AvgIpc) is 3.57. The Balaban J connectivity index is 1.35. The molecule has 1 aliphatic carbocycles. The third kappa shape index (κ3) is 6.85. The Morgan fingerprint density at radius 2 is 1.51 bits per heavy atom. The van der Waals surface area contributed by atoms with Gasteiger partial charge in [0.2, 0.25) is 11.8 Å². The molecule has 5 rings (SSSR count). The van der Waals surface area contributed by atoms with E-state index in [4.69, 9.17) is 11.6 Å². The lowest BCUT2D eigenvalue weighted by atomic mass is 10.0. The lowest BCUT2D eigenvalue weighted by Crippen LogP contribution is -2.52. The number of carbonyl (C=O) groups excluding carboxylic acids is 4. The molecule has 1 fully saturated rings. The smallest absolute Gasteiger partial charge is 0.261 e. The van der Waals surface area contributed by atoms with Crippen molar-refractivity contribution < 1.29 is 19.2 Å². The van der Waals surface area contributed by atoms with E-state index in [1.165, 1.54) is 4.90 Å². The van der Waals surface area contributed by atoms with Crippen LogP contribution in [0.1, 0.15) is 70.4 Å². The van der Waals surface area contributed by atoms with E-state index >= 15 is 0 Å². The van der Waals surface area contributed by atoms with Gasteiger partial charge in [0.15, 0.2) is 0 Å². The zero-order valence-electron chi connectivity index (χ0n) is 22.9. The van der Waals surface area contributed by atoms with E-state index in [-0.39, 0.29) is 49.2 Å². The predicted octanol–water partition coefficient (Wildman–Crippen LogP) is 5.42. The Labute approximate surface area is 245 Å². The van der Waals surface area contributed by atoms with Gasteiger partial charge in [-0.3, -0.25) is 24.1 Å². The Morgan fingerprint density at radius 3 is 2.17 bits per heavy atom. The van der Waals surface area contributed by atoms with Crippen LogP contribution < -0.4 is 5.32 Å². The van der Waals surface area contributed by atoms with Crippen molar-refractivity contribution in [1.29, 1.82) is 0 Å². The summed E-state index contributed by atoms with van der Waals surface area (Å²) >= 11 is 6.26. The molecule has 7 nitrogen and oxygen atoms in total. The standard InChI is InChI=1S/C33H34ClN3O4/c34-25-13-8-12-24(20-25)22-37(29(21-23-10-2-1-3-11-23)31(39)35-26-14-4-5-15-26)30(38)18-9-19-36-32(40)27-16-6-7-17-28(27)33(36)41/h1-3,6-8,10-13,16-17,20,26,29H,4-5,9,14-15,18-19,21-22H2,(H,35,39)/t29-/m0/s1. The molecule has 1 aliphatic heterocycles. The van der Waals surface area contributed by atoms with Gasteiger partial charge in [0.25, 0.3) is 11.8 Å². The second-order valence-electron chi connectivity index (χ2n) is 10.8. The summed E-state index contributed by atoms with van der Waals surface area (Å²) in [6, 6.07) is 23.1. The van der Waals surface area contributed by atoms with Crippen molar-refractivity contribution in [3.63, 3.8) is 0 Å². The predicted molar refractivity (Wildman–Crippen MR) is 157 cm³/mol. The molecule has 0 unspecified atom stereocenters. The van der Waals surface area contributed by atoms with Gasteiger partial charge >= 0.3 is 0 Å². The van der Waals surface area contributed by atoms with E-state index in [1.54, 1.807) is 41.3 Å². The highest BCUT2D eigenvalue weighted by molar-refractivity contribution is 6.30. The molecule has 41 heavy (non-hydrogen) atoms. The molecule has 212 valence electrons. The van der Waals surface area contributed by atoms with E-state index in [0.717, 1.165) is 36.8 Å². The molecule has 0 radical (unpaired) electrons. The highest BCUT2D eigenvalue weighted by Crippen LogP contribution is 2.24. The highest BCUT2D eigenvalue weighted by Gasteiger charge is 2.36. The highest BCUT2D eigenvalue weighted by atomic mass is 35.5. The van der Waals surface area contributed by atoms with Gasteiger partial charge in [-0.15, -0.1) is 0 Å². The third-order valence-corrected chi connectivity index (χ3v) is 8.10. The van der Waals surface area contributed by atoms with Gasteiger partial charge in [-0.05, 0) is 54.7 Å². The number of halogens is 1. The second kappa shape index (κ2) is 13.1. The van der Waals surface area contributed by atoms with Gasteiger partial charge in [-0.2, -0.15) is 0 Å². The van der Waals surface area contributed by atoms with E-state index in [9.17, 15) is 19.2 Å². The average molecular weight is 572 g/mol. The minimum atomic E-state index is -0.733. The maximum atomic E-state index is 13.9. The number of nitrogens with one attached hydrogen (secondary N) is 1. The number of rotatable bonds is 11. The number of carbonyl (C=O) groups is 4. The molecule has 1 atom stereocenters. The topological polar surface area (TPSA) is 86.8 Å². The van der Waals surface area contributed by atoms with Crippen LogP contribution >= 0.6 is 11.6 Å². The Bertz CT molecular complexity index is 1390. The van der Waals surface area contributed by atoms with Crippen LogP contribution in [-0.4, -0.2) is 52.1 Å². The van der Waals surface area contributed by atoms with Crippen LogP contribution in [0.4, 0.5) is 0 Å². The monoisotopic (exact) mass is 571 g/mol. The van der Waals surface area contributed by atoms with Crippen LogP contribution in [0.15, 0.2) is 78.9 Å². The number of fused-ring (bicyclic) bond motifs is 1. The van der Waals surface area contributed by atoms with Gasteiger partial charge in [-0.25, -0.2) is 0 Å². The zero-order valence-corrected chi connectivity index (χ0v) is 23.7. The van der Waals surface area contributed by atoms with Gasteiger partial charge in [0.1, 0.15) is 6.04 Å². The summed E-state index contributed by atoms with van der Waals surface area (Å²) in [6.45, 7) is 0.336. The second-order valence-corrected chi connectivity index (χ2v) is 11.2. The van der Waals surface area contributed by atoms with Crippen molar-refractivity contribution in [2.45, 2.75) is 63.6 Å². The summed E-state index contributed by atoms with van der Waals surface area (Å²) in [5.41, 5.74) is 2.54. The minimum absolute atomic E-state index is 0.0793. The van der Waals surface area contributed by atoms with Gasteiger partial charge < -0.3 is 10.2 Å². The molecule has 1 N–H and O–H groups in total. The van der Waals surface area contributed by atoms with Gasteiger partial charge in [-0.1, -0.05) is 79.0 Å². The molecule has 2 aliphatic rings. The fraction of sp³-hybridized carbons (Fsp3) is 0.333. The van der Waals surface area contributed by atoms with Crippen LogP contribution in [0.25, 0.3) is 0 Å². The van der Waals surface area contributed by atoms with Gasteiger partial charge in [0, 0.05) is 37.0 Å². The van der Waals surface area contributed by atoms with Crippen molar-refractivity contribution in [2.24, 2.45) is 0 Å². The summed E-state index contributed by atoms with van der Waals surface area (Å²) < 4.78 is 0. The third-order valence-electron chi connectivity index (χ3n) is 7.87. The molecule has 4 amide bonds. The van der Waals surface area contributed by atoms with Crippen LogP contribution in [0.2, 0.25) is 5.02 Å². The summed E-state index contributed by atoms with van der Waals surface area (Å²) in [6.07, 6.45) is 4.77. The van der Waals surface area contributed by atoms with Crippen LogP contribution in [0.3, 0.4) is 0 Å². The maximum Gasteiger partial charge on any atom is 0.261 e. The largest absolute Gasteiger partial charge is 0.352 e. The van der Waals surface area contributed by atoms with Crippen LogP contribution in [-0.2, 0) is 22.6 Å². The number of benzene rings is 3. The van der Waals surface area contributed by atoms with Crippen molar-refractivity contribution in [3.8, 4) is 0 Å². The Hall–Kier alpha value is -3.97. The molecule has 1 saturated carbocycles. The molecule has 1 heterocycles. The number of hydrogen-bond acceptors (Lipinski definition) is 4. The fourth-order valence-corrected chi connectivity index (χ4v) is 5.94. The van der Waals surface area contributed by atoms with Crippen molar-refractivity contribution >= 4 is 35.2 Å². The lowest BCUT2D eigenvalue weighted by Gasteiger charge is -2.32. The fourth-order valence-electron chi connectivity index (χ4n) is 5.73. The first-order chi connectivity index (χ1) is 19.9. The van der Waals surface area contributed by atoms with Crippen LogP contribution in [0, 0.1) is 0 Å². The quantitative estimate of drug-likeness (QED) is 0.312. The first-order valence-corrected chi connectivity index (χ1v) is 14.6. The summed E-state index contributed by atoms with van der Waals surface area (Å²) in [4.78, 5) is 56.1. The Morgan fingerprint density at radius 1 is 0.878 bits per heavy atom. The van der Waals surface area contributed by atoms with Crippen LogP contribution in [0.5, 0.6) is 0 Å². The number of imide groups is 1. The number of hydrogen-bond donors (Lipinski definition) is 1. The SMILES string of the molecule is O=C(NC1CCCC1)[C@H](Cc1ccccc1)N(Cc1cccc(Cl)c1)C(=O)CCCN1C(=O)c2ccccc2C1=O. The molecule has 3 aromatic carbocycles. The summed E-state index contributed by atoms with van der Waals surface area (Å²) in [7, 11) is 0. The van der Waals surface area contributed by atoms with E-state index in [2.05, 4.69) is 5.32 Å². The van der Waals surface area contributed by atoms with E-state index in [1.807, 2.05) is 42.5 Å². The van der Waals surface area contributed by atoms with Gasteiger partial charge in [0.05, 0.1) is 11.1 Å². The lowest BCUT2D eigenvalue weighted by molar-refractivity contribution is -0.141. The van der Waals surface area contributed by atoms with Crippen molar-refractivity contribution in [1.82, 2.24) is 15.1 Å². The maximum absolute atomic E-state index is 13.9. The molecule has 0 bridgehead atoms. The van der Waals surface area contributed by atoms with E-state index < -0.39 is 6.04 Å². The molecule has 0 spiro atoms. The molecular formula is C33H34ClN3O4. The molecular weight excluding hydrogens is 538 g/mol. The molecule has 8 heteroatoms. The Kier molecular flexibility index (Phi) is 9.14. The number of nitrogens with zero attached hydrogens (tertiary/aromatic N) is 2. The van der Waals surface area contributed by atoms with E-state index in [0.29, 0.717) is 29.0 Å². The van der Waals surface area contributed by atoms with Crippen molar-refractivity contribution in [3.05, 3.63) is 106 Å². The minimum Gasteiger partial charge on any atom is -0.352 e. The van der Waals surface area contributed by atoms with Crippen molar-refractivity contribution in [2.75, 3.05) is 6.54 Å². The molecule has 0 aromatic heterocycles. The normalized spacial score (nSPS) is 15.6. The zero-order chi connectivity index (χ0) is 28.8. The summed E-state index contributed by atoms with van der Waals surface area (Å²) in [5.74, 6) is -1.07.